The summed E-state index contributed by atoms with van der Waals surface area (Å²) in [6.07, 6.45) is 8.63. The molecule has 0 amide bonds. The van der Waals surface area contributed by atoms with Crippen LogP contribution in [0.4, 0.5) is 0 Å². The fraction of sp³-hybridized carbons (Fsp3) is 0.706. The van der Waals surface area contributed by atoms with Crippen LogP contribution in [0.15, 0.2) is 18.5 Å². The van der Waals surface area contributed by atoms with Gasteiger partial charge >= 0.3 is 0 Å². The molecule has 1 fully saturated rings. The second-order valence-corrected chi connectivity index (χ2v) is 7.16. The minimum atomic E-state index is 0.0820. The Hall–Kier alpha value is -1.09. The van der Waals surface area contributed by atoms with E-state index >= 15 is 0 Å². The van der Waals surface area contributed by atoms with Gasteiger partial charge in [-0.1, -0.05) is 20.8 Å². The second-order valence-electron chi connectivity index (χ2n) is 7.16. The lowest BCUT2D eigenvalue weighted by Crippen LogP contribution is -2.30. The predicted molar refractivity (Wildman–Crippen MR) is 82.6 cm³/mol. The lowest BCUT2D eigenvalue weighted by atomic mass is 9.68. The van der Waals surface area contributed by atoms with Gasteiger partial charge in [-0.25, -0.2) is 0 Å². The van der Waals surface area contributed by atoms with Crippen molar-refractivity contribution in [2.75, 3.05) is 7.11 Å². The molecule has 2 N–H and O–H groups in total. The van der Waals surface area contributed by atoms with Gasteiger partial charge in [0.25, 0.3) is 0 Å². The van der Waals surface area contributed by atoms with E-state index in [1.54, 1.807) is 13.3 Å². The summed E-state index contributed by atoms with van der Waals surface area (Å²) < 4.78 is 5.24. The van der Waals surface area contributed by atoms with Gasteiger partial charge in [0.05, 0.1) is 13.3 Å². The number of hydrogen-bond acceptors (Lipinski definition) is 3. The Labute approximate surface area is 122 Å². The van der Waals surface area contributed by atoms with E-state index in [-0.39, 0.29) is 6.04 Å². The molecule has 1 aliphatic rings. The van der Waals surface area contributed by atoms with Gasteiger partial charge in [0.1, 0.15) is 5.75 Å². The summed E-state index contributed by atoms with van der Waals surface area (Å²) >= 11 is 0. The fourth-order valence-electron chi connectivity index (χ4n) is 3.35. The van der Waals surface area contributed by atoms with Crippen molar-refractivity contribution in [3.05, 3.63) is 24.0 Å². The van der Waals surface area contributed by atoms with Crippen molar-refractivity contribution in [2.45, 2.75) is 52.5 Å². The third-order valence-corrected chi connectivity index (χ3v) is 4.86. The number of nitrogens with two attached hydrogens (primary N) is 1. The molecule has 1 heterocycles. The van der Waals surface area contributed by atoms with E-state index in [0.717, 1.165) is 17.2 Å². The highest BCUT2D eigenvalue weighted by Crippen LogP contribution is 2.42. The lowest BCUT2D eigenvalue weighted by Gasteiger charge is -2.38. The van der Waals surface area contributed by atoms with E-state index in [4.69, 9.17) is 10.5 Å². The van der Waals surface area contributed by atoms with Crippen LogP contribution in [0.25, 0.3) is 0 Å². The highest BCUT2D eigenvalue weighted by atomic mass is 16.5. The van der Waals surface area contributed by atoms with Gasteiger partial charge in [-0.05, 0) is 54.6 Å². The molecular formula is C17H28N2O. The molecule has 3 heteroatoms. The van der Waals surface area contributed by atoms with Crippen LogP contribution < -0.4 is 10.5 Å². The van der Waals surface area contributed by atoms with Crippen molar-refractivity contribution >= 4 is 0 Å². The molecule has 0 spiro atoms. The second kappa shape index (κ2) is 6.13. The Kier molecular flexibility index (Phi) is 4.69. The summed E-state index contributed by atoms with van der Waals surface area (Å²) in [7, 11) is 1.67. The Morgan fingerprint density at radius 3 is 2.40 bits per heavy atom. The minimum Gasteiger partial charge on any atom is -0.495 e. The number of hydrogen-bond donors (Lipinski definition) is 1. The van der Waals surface area contributed by atoms with Crippen LogP contribution in [0.5, 0.6) is 5.75 Å². The fourth-order valence-corrected chi connectivity index (χ4v) is 3.35. The van der Waals surface area contributed by atoms with E-state index in [9.17, 15) is 0 Å². The number of rotatable bonds is 3. The van der Waals surface area contributed by atoms with Gasteiger partial charge in [-0.2, -0.15) is 0 Å². The lowest BCUT2D eigenvalue weighted by molar-refractivity contribution is 0.139. The number of ether oxygens (including phenoxy) is 1. The number of methoxy groups -OCH3 is 1. The van der Waals surface area contributed by atoms with Gasteiger partial charge in [0.2, 0.25) is 0 Å². The first kappa shape index (κ1) is 15.3. The van der Waals surface area contributed by atoms with E-state index in [2.05, 4.69) is 25.8 Å². The van der Waals surface area contributed by atoms with Gasteiger partial charge in [-0.15, -0.1) is 0 Å². The first-order valence-electron chi connectivity index (χ1n) is 7.66. The first-order chi connectivity index (χ1) is 9.41. The molecule has 1 saturated carbocycles. The highest BCUT2D eigenvalue weighted by molar-refractivity contribution is 5.26. The average Bonchev–Trinajstić information content (AvgIpc) is 2.46. The van der Waals surface area contributed by atoms with Crippen LogP contribution in [0.2, 0.25) is 0 Å². The molecule has 1 aliphatic carbocycles. The van der Waals surface area contributed by atoms with Crippen molar-refractivity contribution in [1.82, 2.24) is 4.98 Å². The predicted octanol–water partition coefficient (Wildman–Crippen LogP) is 3.94. The minimum absolute atomic E-state index is 0.0820. The monoisotopic (exact) mass is 276 g/mol. The van der Waals surface area contributed by atoms with Crippen molar-refractivity contribution in [3.63, 3.8) is 0 Å². The molecule has 0 saturated heterocycles. The Morgan fingerprint density at radius 2 is 1.85 bits per heavy atom. The standard InChI is InChI=1S/C17H28N2O/c1-17(2,3)14-7-5-12(6-8-14)16(18)13-9-15(20-4)11-19-10-13/h9-12,14,16H,5-8,18H2,1-4H3. The molecule has 20 heavy (non-hydrogen) atoms. The summed E-state index contributed by atoms with van der Waals surface area (Å²) in [5, 5.41) is 0. The Morgan fingerprint density at radius 1 is 1.20 bits per heavy atom. The smallest absolute Gasteiger partial charge is 0.137 e. The van der Waals surface area contributed by atoms with Crippen molar-refractivity contribution in [1.29, 1.82) is 0 Å². The van der Waals surface area contributed by atoms with E-state index in [1.807, 2.05) is 12.3 Å². The number of nitrogens with zero attached hydrogens (tertiary/aromatic N) is 1. The maximum atomic E-state index is 6.45. The van der Waals surface area contributed by atoms with Crippen LogP contribution in [0.1, 0.15) is 58.1 Å². The zero-order valence-corrected chi connectivity index (χ0v) is 13.2. The quantitative estimate of drug-likeness (QED) is 0.909. The third kappa shape index (κ3) is 3.51. The maximum absolute atomic E-state index is 6.45. The topological polar surface area (TPSA) is 48.1 Å². The van der Waals surface area contributed by atoms with Crippen molar-refractivity contribution in [2.24, 2.45) is 23.0 Å². The van der Waals surface area contributed by atoms with Crippen molar-refractivity contribution < 1.29 is 4.74 Å². The molecule has 2 rings (SSSR count). The van der Waals surface area contributed by atoms with E-state index in [0.29, 0.717) is 11.3 Å². The zero-order chi connectivity index (χ0) is 14.8. The molecule has 0 radical (unpaired) electrons. The molecule has 1 aromatic heterocycles. The normalized spacial score (nSPS) is 25.2. The van der Waals surface area contributed by atoms with E-state index < -0.39 is 0 Å². The maximum Gasteiger partial charge on any atom is 0.137 e. The highest BCUT2D eigenvalue weighted by Gasteiger charge is 2.32. The van der Waals surface area contributed by atoms with Crippen LogP contribution in [0, 0.1) is 17.3 Å². The summed E-state index contributed by atoms with van der Waals surface area (Å²) in [4.78, 5) is 4.22. The van der Waals surface area contributed by atoms with Crippen LogP contribution >= 0.6 is 0 Å². The number of pyridine rings is 1. The molecular weight excluding hydrogens is 248 g/mol. The summed E-state index contributed by atoms with van der Waals surface area (Å²) in [5.41, 5.74) is 7.98. The Bertz CT molecular complexity index is 431. The van der Waals surface area contributed by atoms with Gasteiger partial charge in [0, 0.05) is 12.2 Å². The summed E-state index contributed by atoms with van der Waals surface area (Å²) in [6.45, 7) is 7.05. The van der Waals surface area contributed by atoms with Crippen LogP contribution in [-0.2, 0) is 0 Å². The molecule has 1 unspecified atom stereocenters. The first-order valence-corrected chi connectivity index (χ1v) is 7.66. The van der Waals surface area contributed by atoms with Crippen LogP contribution in [0.3, 0.4) is 0 Å². The zero-order valence-electron chi connectivity index (χ0n) is 13.2. The number of aromatic nitrogens is 1. The van der Waals surface area contributed by atoms with Gasteiger partial charge in [-0.3, -0.25) is 4.98 Å². The third-order valence-electron chi connectivity index (χ3n) is 4.86. The molecule has 0 aliphatic heterocycles. The van der Waals surface area contributed by atoms with E-state index in [1.165, 1.54) is 25.7 Å². The molecule has 0 bridgehead atoms. The molecule has 1 atom stereocenters. The summed E-state index contributed by atoms with van der Waals surface area (Å²) in [5.74, 6) is 2.19. The summed E-state index contributed by atoms with van der Waals surface area (Å²) in [6, 6.07) is 2.10. The molecule has 0 aromatic carbocycles. The Balaban J connectivity index is 1.99. The van der Waals surface area contributed by atoms with Gasteiger partial charge in [0.15, 0.2) is 0 Å². The SMILES string of the molecule is COc1cncc(C(N)C2CCC(C(C)(C)C)CC2)c1. The van der Waals surface area contributed by atoms with Crippen molar-refractivity contribution in [3.8, 4) is 5.75 Å². The van der Waals surface area contributed by atoms with Crippen LogP contribution in [-0.4, -0.2) is 12.1 Å². The van der Waals surface area contributed by atoms with Gasteiger partial charge < -0.3 is 10.5 Å². The molecule has 1 aromatic rings. The molecule has 112 valence electrons. The molecule has 3 nitrogen and oxygen atoms in total. The average molecular weight is 276 g/mol. The largest absolute Gasteiger partial charge is 0.495 e.